The number of ether oxygens (including phenoxy) is 1. The zero-order chi connectivity index (χ0) is 18.8. The third-order valence-corrected chi connectivity index (χ3v) is 4.41. The number of benzene rings is 1. The SMILES string of the molecule is COC(=O)c1cc(CNC(=O)c2ccc3c(c2)CCN3C(C)=O)oc1C. The van der Waals surface area contributed by atoms with E-state index in [9.17, 15) is 14.4 Å². The summed E-state index contributed by atoms with van der Waals surface area (Å²) in [6.45, 7) is 3.99. The highest BCUT2D eigenvalue weighted by molar-refractivity contribution is 5.98. The van der Waals surface area contributed by atoms with E-state index in [4.69, 9.17) is 4.42 Å². The van der Waals surface area contributed by atoms with Crippen LogP contribution in [-0.2, 0) is 22.5 Å². The first-order valence-electron chi connectivity index (χ1n) is 8.27. The predicted molar refractivity (Wildman–Crippen MR) is 94.1 cm³/mol. The first-order chi connectivity index (χ1) is 12.4. The van der Waals surface area contributed by atoms with Gasteiger partial charge in [-0.05, 0) is 43.2 Å². The fourth-order valence-electron chi connectivity index (χ4n) is 3.08. The van der Waals surface area contributed by atoms with Gasteiger partial charge in [0.25, 0.3) is 5.91 Å². The Morgan fingerprint density at radius 3 is 2.73 bits per heavy atom. The summed E-state index contributed by atoms with van der Waals surface area (Å²) in [5, 5.41) is 2.77. The van der Waals surface area contributed by atoms with Crippen molar-refractivity contribution < 1.29 is 23.5 Å². The number of furan rings is 1. The first-order valence-corrected chi connectivity index (χ1v) is 8.27. The second-order valence-electron chi connectivity index (χ2n) is 6.12. The number of esters is 1. The number of aryl methyl sites for hydroxylation is 1. The molecule has 3 rings (SSSR count). The van der Waals surface area contributed by atoms with Gasteiger partial charge in [0.05, 0.1) is 13.7 Å². The monoisotopic (exact) mass is 356 g/mol. The van der Waals surface area contributed by atoms with Crippen LogP contribution in [0.3, 0.4) is 0 Å². The summed E-state index contributed by atoms with van der Waals surface area (Å²) >= 11 is 0. The van der Waals surface area contributed by atoms with Gasteiger partial charge in [-0.15, -0.1) is 0 Å². The molecule has 2 amide bonds. The fourth-order valence-corrected chi connectivity index (χ4v) is 3.08. The van der Waals surface area contributed by atoms with Gasteiger partial charge in [0, 0.05) is 24.7 Å². The molecule has 0 aliphatic carbocycles. The number of fused-ring (bicyclic) bond motifs is 1. The molecule has 0 spiro atoms. The van der Waals surface area contributed by atoms with Gasteiger partial charge in [0.1, 0.15) is 17.1 Å². The van der Waals surface area contributed by atoms with E-state index in [1.165, 1.54) is 14.0 Å². The minimum absolute atomic E-state index is 0.00412. The predicted octanol–water partition coefficient (Wildman–Crippen LogP) is 2.21. The van der Waals surface area contributed by atoms with Crippen molar-refractivity contribution in [3.05, 3.63) is 52.5 Å². The molecule has 0 bridgehead atoms. The quantitative estimate of drug-likeness (QED) is 0.849. The Hall–Kier alpha value is -3.09. The number of amides is 2. The van der Waals surface area contributed by atoms with Gasteiger partial charge in [-0.2, -0.15) is 0 Å². The molecule has 26 heavy (non-hydrogen) atoms. The molecule has 0 unspecified atom stereocenters. The average Bonchev–Trinajstić information content (AvgIpc) is 3.21. The third kappa shape index (κ3) is 3.33. The van der Waals surface area contributed by atoms with Crippen molar-refractivity contribution in [3.63, 3.8) is 0 Å². The molecule has 7 nitrogen and oxygen atoms in total. The molecule has 0 radical (unpaired) electrons. The topological polar surface area (TPSA) is 88.9 Å². The van der Waals surface area contributed by atoms with E-state index < -0.39 is 5.97 Å². The van der Waals surface area contributed by atoms with E-state index in [0.717, 1.165) is 17.7 Å². The Morgan fingerprint density at radius 1 is 1.27 bits per heavy atom. The highest BCUT2D eigenvalue weighted by Gasteiger charge is 2.23. The average molecular weight is 356 g/mol. The van der Waals surface area contributed by atoms with E-state index in [0.29, 0.717) is 29.2 Å². The van der Waals surface area contributed by atoms with Crippen molar-refractivity contribution in [1.82, 2.24) is 5.32 Å². The summed E-state index contributed by atoms with van der Waals surface area (Å²) in [4.78, 5) is 37.3. The number of carbonyl (C=O) groups is 3. The smallest absolute Gasteiger partial charge is 0.341 e. The van der Waals surface area contributed by atoms with E-state index in [2.05, 4.69) is 10.1 Å². The van der Waals surface area contributed by atoms with Gasteiger partial charge >= 0.3 is 5.97 Å². The lowest BCUT2D eigenvalue weighted by atomic mass is 10.1. The molecule has 1 aromatic carbocycles. The fraction of sp³-hybridized carbons (Fsp3) is 0.316. The molecule has 1 N–H and O–H groups in total. The van der Waals surface area contributed by atoms with Gasteiger partial charge < -0.3 is 19.4 Å². The Kier molecular flexibility index (Phi) is 4.79. The van der Waals surface area contributed by atoms with E-state index in [1.54, 1.807) is 36.1 Å². The van der Waals surface area contributed by atoms with Crippen LogP contribution in [0.15, 0.2) is 28.7 Å². The number of hydrogen-bond acceptors (Lipinski definition) is 5. The molecular weight excluding hydrogens is 336 g/mol. The van der Waals surface area contributed by atoms with Crippen LogP contribution in [0.25, 0.3) is 0 Å². The molecule has 0 fully saturated rings. The third-order valence-electron chi connectivity index (χ3n) is 4.41. The van der Waals surface area contributed by atoms with Gasteiger partial charge in [0.15, 0.2) is 0 Å². The van der Waals surface area contributed by atoms with Crippen LogP contribution in [0, 0.1) is 6.92 Å². The van der Waals surface area contributed by atoms with Crippen LogP contribution in [0.5, 0.6) is 0 Å². The normalized spacial score (nSPS) is 12.7. The maximum absolute atomic E-state index is 12.4. The van der Waals surface area contributed by atoms with Crippen molar-refractivity contribution in [3.8, 4) is 0 Å². The molecule has 136 valence electrons. The zero-order valence-electron chi connectivity index (χ0n) is 14.9. The maximum atomic E-state index is 12.4. The van der Waals surface area contributed by atoms with Crippen molar-refractivity contribution in [2.24, 2.45) is 0 Å². The summed E-state index contributed by atoms with van der Waals surface area (Å²) in [5.74, 6) is 0.193. The van der Waals surface area contributed by atoms with Crippen LogP contribution in [0.2, 0.25) is 0 Å². The Balaban J connectivity index is 1.68. The Labute approximate surface area is 150 Å². The molecular formula is C19H20N2O5. The van der Waals surface area contributed by atoms with Crippen LogP contribution >= 0.6 is 0 Å². The zero-order valence-corrected chi connectivity index (χ0v) is 14.9. The van der Waals surface area contributed by atoms with Crippen LogP contribution in [0.1, 0.15) is 44.7 Å². The number of carbonyl (C=O) groups excluding carboxylic acids is 3. The number of anilines is 1. The van der Waals surface area contributed by atoms with Gasteiger partial charge in [-0.3, -0.25) is 9.59 Å². The molecule has 0 atom stereocenters. The van der Waals surface area contributed by atoms with Crippen molar-refractivity contribution in [2.75, 3.05) is 18.6 Å². The number of methoxy groups -OCH3 is 1. The largest absolute Gasteiger partial charge is 0.465 e. The van der Waals surface area contributed by atoms with Crippen molar-refractivity contribution in [2.45, 2.75) is 26.8 Å². The Bertz CT molecular complexity index is 884. The molecule has 7 heteroatoms. The molecule has 1 aliphatic heterocycles. The highest BCUT2D eigenvalue weighted by Crippen LogP contribution is 2.28. The minimum Gasteiger partial charge on any atom is -0.465 e. The van der Waals surface area contributed by atoms with Crippen LogP contribution in [-0.4, -0.2) is 31.4 Å². The van der Waals surface area contributed by atoms with E-state index in [1.807, 2.05) is 0 Å². The first kappa shape index (κ1) is 17.7. The molecule has 2 aromatic rings. The molecule has 0 saturated carbocycles. The van der Waals surface area contributed by atoms with Gasteiger partial charge in [0.2, 0.25) is 5.91 Å². The molecule has 0 saturated heterocycles. The second kappa shape index (κ2) is 7.03. The second-order valence-corrected chi connectivity index (χ2v) is 6.12. The minimum atomic E-state index is -0.475. The lowest BCUT2D eigenvalue weighted by molar-refractivity contribution is -0.116. The summed E-state index contributed by atoms with van der Waals surface area (Å²) < 4.78 is 10.2. The maximum Gasteiger partial charge on any atom is 0.341 e. The summed E-state index contributed by atoms with van der Waals surface area (Å²) in [6, 6.07) is 6.86. The number of hydrogen-bond donors (Lipinski definition) is 1. The summed E-state index contributed by atoms with van der Waals surface area (Å²) in [5.41, 5.74) is 2.71. The van der Waals surface area contributed by atoms with Gasteiger partial charge in [-0.1, -0.05) is 0 Å². The van der Waals surface area contributed by atoms with Crippen molar-refractivity contribution >= 4 is 23.5 Å². The number of nitrogens with one attached hydrogen (secondary N) is 1. The number of rotatable bonds is 4. The summed E-state index contributed by atoms with van der Waals surface area (Å²) in [6.07, 6.45) is 0.732. The van der Waals surface area contributed by atoms with Crippen LogP contribution < -0.4 is 10.2 Å². The van der Waals surface area contributed by atoms with E-state index >= 15 is 0 Å². The van der Waals surface area contributed by atoms with E-state index in [-0.39, 0.29) is 18.4 Å². The standard InChI is InChI=1S/C19H20N2O5/c1-11-16(19(24)25-3)9-15(26-11)10-20-18(23)14-4-5-17-13(8-14)6-7-21(17)12(2)22/h4-5,8-9H,6-7,10H2,1-3H3,(H,20,23). The Morgan fingerprint density at radius 2 is 2.04 bits per heavy atom. The lowest BCUT2D eigenvalue weighted by Crippen LogP contribution is -2.26. The summed E-state index contributed by atoms with van der Waals surface area (Å²) in [7, 11) is 1.30. The van der Waals surface area contributed by atoms with Crippen molar-refractivity contribution in [1.29, 1.82) is 0 Å². The molecule has 1 aromatic heterocycles. The highest BCUT2D eigenvalue weighted by atomic mass is 16.5. The lowest BCUT2D eigenvalue weighted by Gasteiger charge is -2.14. The molecule has 1 aliphatic rings. The molecule has 2 heterocycles. The van der Waals surface area contributed by atoms with Crippen LogP contribution in [0.4, 0.5) is 5.69 Å². The number of nitrogens with zero attached hydrogens (tertiary/aromatic N) is 1. The van der Waals surface area contributed by atoms with Gasteiger partial charge in [-0.25, -0.2) is 4.79 Å².